The maximum absolute atomic E-state index is 14.2. The largest absolute Gasteiger partial charge is 0.332 e. The number of thioether (sulfide) groups is 1. The van der Waals surface area contributed by atoms with Crippen LogP contribution in [0.3, 0.4) is 0 Å². The zero-order valence-corrected chi connectivity index (χ0v) is 25.3. The summed E-state index contributed by atoms with van der Waals surface area (Å²) in [5.74, 6) is -0.583. The van der Waals surface area contributed by atoms with Gasteiger partial charge in [-0.1, -0.05) is 109 Å². The predicted octanol–water partition coefficient (Wildman–Crippen LogP) is 9.45. The Hall–Kier alpha value is -4.43. The Bertz CT molecular complexity index is 1560. The van der Waals surface area contributed by atoms with E-state index in [-0.39, 0.29) is 11.7 Å². The third kappa shape index (κ3) is 8.80. The topological polar surface area (TPSA) is 61.0 Å². The number of carbonyl (C=O) groups excluding carboxylic acids is 1. The molecule has 0 saturated heterocycles. The van der Waals surface area contributed by atoms with E-state index in [0.29, 0.717) is 13.1 Å². The summed E-state index contributed by atoms with van der Waals surface area (Å²) in [5.41, 5.74) is 5.29. The van der Waals surface area contributed by atoms with Crippen LogP contribution in [0.1, 0.15) is 31.2 Å². The number of anilines is 1. The third-order valence-electron chi connectivity index (χ3n) is 7.30. The molecular formula is C36H36F2N4OS. The maximum Gasteiger partial charge on any atom is 0.321 e. The number of nitrogens with zero attached hydrogens (tertiary/aromatic N) is 2. The summed E-state index contributed by atoms with van der Waals surface area (Å²) in [6, 6.07) is 33.3. The summed E-state index contributed by atoms with van der Waals surface area (Å²) < 4.78 is 27.6. The molecule has 0 saturated carbocycles. The number of amides is 2. The molecule has 0 spiro atoms. The first-order valence-electron chi connectivity index (χ1n) is 15.0. The van der Waals surface area contributed by atoms with Crippen LogP contribution in [0.2, 0.25) is 0 Å². The van der Waals surface area contributed by atoms with Crippen molar-refractivity contribution in [2.45, 2.75) is 37.3 Å². The molecule has 0 fully saturated rings. The second-order valence-electron chi connectivity index (χ2n) is 10.5. The standard InChI is InChI=1S/C36H36F2N4OS/c37-30-21-22-32(31(38)26-30)39-36(43)42(24-13-16-27-14-5-1-6-15-27)23-11-4-12-25-44-35-40-33(28-17-7-2-8-18-28)34(41-35)29-19-9-3-10-20-29/h1-3,5-10,14-15,17-22,26H,4,11-13,16,23-25H2,(H,39,43)(H,40,41). The summed E-state index contributed by atoms with van der Waals surface area (Å²) in [7, 11) is 0. The molecule has 4 aromatic carbocycles. The average Bonchev–Trinajstić information content (AvgIpc) is 3.49. The van der Waals surface area contributed by atoms with Gasteiger partial charge >= 0.3 is 6.03 Å². The lowest BCUT2D eigenvalue weighted by molar-refractivity contribution is 0.209. The van der Waals surface area contributed by atoms with Gasteiger partial charge in [0.15, 0.2) is 5.16 Å². The van der Waals surface area contributed by atoms with E-state index in [1.54, 1.807) is 16.7 Å². The lowest BCUT2D eigenvalue weighted by atomic mass is 10.1. The summed E-state index contributed by atoms with van der Waals surface area (Å²) in [6.07, 6.45) is 4.32. The second-order valence-corrected chi connectivity index (χ2v) is 11.6. The minimum Gasteiger partial charge on any atom is -0.332 e. The normalized spacial score (nSPS) is 11.0. The highest BCUT2D eigenvalue weighted by atomic mass is 32.2. The molecule has 0 unspecified atom stereocenters. The predicted molar refractivity (Wildman–Crippen MR) is 176 cm³/mol. The Balaban J connectivity index is 1.14. The van der Waals surface area contributed by atoms with E-state index in [1.165, 1.54) is 11.6 Å². The Labute approximate surface area is 261 Å². The highest BCUT2D eigenvalue weighted by Gasteiger charge is 2.17. The van der Waals surface area contributed by atoms with Crippen LogP contribution in [0.5, 0.6) is 0 Å². The number of imidazole rings is 1. The van der Waals surface area contributed by atoms with Crippen LogP contribution >= 0.6 is 11.8 Å². The molecule has 2 N–H and O–H groups in total. The number of hydrogen-bond donors (Lipinski definition) is 2. The first-order chi connectivity index (χ1) is 21.6. The minimum atomic E-state index is -0.789. The number of aromatic nitrogens is 2. The molecule has 0 aliphatic carbocycles. The summed E-state index contributed by atoms with van der Waals surface area (Å²) in [5, 5.41) is 3.50. The number of hydrogen-bond acceptors (Lipinski definition) is 3. The Morgan fingerprint density at radius 2 is 1.43 bits per heavy atom. The van der Waals surface area contributed by atoms with Crippen molar-refractivity contribution in [1.82, 2.24) is 14.9 Å². The number of unbranched alkanes of at least 4 members (excludes halogenated alkanes) is 2. The molecule has 8 heteroatoms. The number of urea groups is 1. The first-order valence-corrected chi connectivity index (χ1v) is 15.9. The summed E-state index contributed by atoms with van der Waals surface area (Å²) >= 11 is 1.69. The molecule has 226 valence electrons. The Morgan fingerprint density at radius 3 is 2.14 bits per heavy atom. The van der Waals surface area contributed by atoms with Gasteiger partial charge in [0.05, 0.1) is 17.1 Å². The van der Waals surface area contributed by atoms with Crippen molar-refractivity contribution in [1.29, 1.82) is 0 Å². The molecule has 0 aliphatic rings. The van der Waals surface area contributed by atoms with E-state index in [9.17, 15) is 13.6 Å². The van der Waals surface area contributed by atoms with Gasteiger partial charge in [0, 0.05) is 36.0 Å². The highest BCUT2D eigenvalue weighted by molar-refractivity contribution is 7.99. The number of rotatable bonds is 14. The maximum atomic E-state index is 14.2. The van der Waals surface area contributed by atoms with Crippen LogP contribution < -0.4 is 5.32 Å². The number of carbonyl (C=O) groups is 1. The van der Waals surface area contributed by atoms with Crippen molar-refractivity contribution < 1.29 is 13.6 Å². The van der Waals surface area contributed by atoms with E-state index >= 15 is 0 Å². The molecule has 1 aromatic heterocycles. The molecular weight excluding hydrogens is 574 g/mol. The van der Waals surface area contributed by atoms with Crippen LogP contribution in [0.4, 0.5) is 19.3 Å². The molecule has 0 bridgehead atoms. The molecule has 44 heavy (non-hydrogen) atoms. The number of aromatic amines is 1. The molecule has 0 radical (unpaired) electrons. The fourth-order valence-electron chi connectivity index (χ4n) is 5.01. The highest BCUT2D eigenvalue weighted by Crippen LogP contribution is 2.32. The average molecular weight is 611 g/mol. The van der Waals surface area contributed by atoms with Crippen molar-refractivity contribution in [3.05, 3.63) is 126 Å². The summed E-state index contributed by atoms with van der Waals surface area (Å²) in [4.78, 5) is 23.3. The van der Waals surface area contributed by atoms with E-state index in [2.05, 4.69) is 46.7 Å². The van der Waals surface area contributed by atoms with E-state index in [0.717, 1.165) is 77.7 Å². The smallest absolute Gasteiger partial charge is 0.321 e. The molecule has 1 heterocycles. The van der Waals surface area contributed by atoms with Gasteiger partial charge in [0.2, 0.25) is 0 Å². The molecule has 5 rings (SSSR count). The minimum absolute atomic E-state index is 0.0240. The first kappa shape index (κ1) is 31.0. The van der Waals surface area contributed by atoms with Crippen LogP contribution in [0.25, 0.3) is 22.5 Å². The zero-order valence-electron chi connectivity index (χ0n) is 24.5. The number of halogens is 2. The van der Waals surface area contributed by atoms with Crippen LogP contribution in [-0.2, 0) is 6.42 Å². The molecule has 5 nitrogen and oxygen atoms in total. The monoisotopic (exact) mass is 610 g/mol. The van der Waals surface area contributed by atoms with Gasteiger partial charge in [0.25, 0.3) is 0 Å². The van der Waals surface area contributed by atoms with Gasteiger partial charge in [-0.15, -0.1) is 0 Å². The Morgan fingerprint density at radius 1 is 0.773 bits per heavy atom. The number of aryl methyl sites for hydroxylation is 1. The number of nitrogens with one attached hydrogen (secondary N) is 2. The molecule has 0 atom stereocenters. The SMILES string of the molecule is O=C(Nc1ccc(F)cc1F)N(CCCCCSc1nc(-c2ccccc2)c(-c2ccccc2)[nH]1)CCCc1ccccc1. The van der Waals surface area contributed by atoms with Crippen molar-refractivity contribution in [3.63, 3.8) is 0 Å². The van der Waals surface area contributed by atoms with E-state index in [4.69, 9.17) is 4.98 Å². The van der Waals surface area contributed by atoms with Crippen molar-refractivity contribution in [3.8, 4) is 22.5 Å². The summed E-state index contributed by atoms with van der Waals surface area (Å²) in [6.45, 7) is 1.08. The molecule has 0 aliphatic heterocycles. The molecule has 2 amide bonds. The van der Waals surface area contributed by atoms with Crippen LogP contribution in [0, 0.1) is 11.6 Å². The fraction of sp³-hybridized carbons (Fsp3) is 0.222. The van der Waals surface area contributed by atoms with Gasteiger partial charge in [-0.25, -0.2) is 18.6 Å². The van der Waals surface area contributed by atoms with E-state index < -0.39 is 11.6 Å². The van der Waals surface area contributed by atoms with Gasteiger partial charge in [-0.05, 0) is 43.4 Å². The third-order valence-corrected chi connectivity index (χ3v) is 8.26. The van der Waals surface area contributed by atoms with Crippen molar-refractivity contribution in [2.24, 2.45) is 0 Å². The van der Waals surface area contributed by atoms with Crippen molar-refractivity contribution in [2.75, 3.05) is 24.2 Å². The van der Waals surface area contributed by atoms with Crippen LogP contribution in [0.15, 0.2) is 114 Å². The van der Waals surface area contributed by atoms with Gasteiger partial charge in [-0.2, -0.15) is 0 Å². The van der Waals surface area contributed by atoms with Crippen molar-refractivity contribution >= 4 is 23.5 Å². The molecule has 5 aromatic rings. The second kappa shape index (κ2) is 15.9. The van der Waals surface area contributed by atoms with Gasteiger partial charge in [0.1, 0.15) is 11.6 Å². The number of benzene rings is 4. The quantitative estimate of drug-likeness (QED) is 0.0973. The number of H-pyrrole nitrogens is 1. The van der Waals surface area contributed by atoms with Gasteiger partial charge < -0.3 is 15.2 Å². The fourth-order valence-corrected chi connectivity index (χ4v) is 5.88. The van der Waals surface area contributed by atoms with Crippen LogP contribution in [-0.4, -0.2) is 39.7 Å². The van der Waals surface area contributed by atoms with E-state index in [1.807, 2.05) is 54.6 Å². The Kier molecular flexibility index (Phi) is 11.2. The lowest BCUT2D eigenvalue weighted by Crippen LogP contribution is -2.37. The van der Waals surface area contributed by atoms with Gasteiger partial charge in [-0.3, -0.25) is 0 Å². The lowest BCUT2D eigenvalue weighted by Gasteiger charge is -2.23. The zero-order chi connectivity index (χ0) is 30.6.